The molecule has 4 fully saturated rings. The molecular weight excluding hydrogens is 468 g/mol. The number of amides is 1. The van der Waals surface area contributed by atoms with Crippen molar-refractivity contribution in [3.05, 3.63) is 29.4 Å². The summed E-state index contributed by atoms with van der Waals surface area (Å²) in [5.41, 5.74) is 0.793. The van der Waals surface area contributed by atoms with Crippen LogP contribution in [0.15, 0.2) is 24.4 Å². The van der Waals surface area contributed by atoms with Gasteiger partial charge in [0.15, 0.2) is 0 Å². The van der Waals surface area contributed by atoms with Crippen LogP contribution in [0.25, 0.3) is 10.8 Å². The number of nitrogens with zero attached hydrogens (tertiary/aromatic N) is 3. The molecule has 1 spiro atoms. The lowest BCUT2D eigenvalue weighted by Gasteiger charge is -2.45. The second-order valence-electron chi connectivity index (χ2n) is 10.8. The number of pyridine rings is 1. The molecule has 1 aromatic carbocycles. The minimum atomic E-state index is -0.462. The van der Waals surface area contributed by atoms with Crippen molar-refractivity contribution in [1.82, 2.24) is 9.88 Å². The fourth-order valence-corrected chi connectivity index (χ4v) is 6.43. The predicted molar refractivity (Wildman–Crippen MR) is 135 cm³/mol. The lowest BCUT2D eigenvalue weighted by molar-refractivity contribution is -0.118. The second kappa shape index (κ2) is 8.85. The van der Waals surface area contributed by atoms with Gasteiger partial charge < -0.3 is 24.8 Å². The van der Waals surface area contributed by atoms with Crippen molar-refractivity contribution < 1.29 is 19.4 Å². The summed E-state index contributed by atoms with van der Waals surface area (Å²) in [6.07, 6.45) is 4.20. The number of halogens is 1. The van der Waals surface area contributed by atoms with Crippen molar-refractivity contribution in [2.45, 2.75) is 37.8 Å². The van der Waals surface area contributed by atoms with Crippen LogP contribution in [0.3, 0.4) is 0 Å². The van der Waals surface area contributed by atoms with Crippen molar-refractivity contribution in [2.75, 3.05) is 62.8 Å². The summed E-state index contributed by atoms with van der Waals surface area (Å²) in [5, 5.41) is 16.1. The van der Waals surface area contributed by atoms with Gasteiger partial charge in [-0.3, -0.25) is 9.69 Å². The molecule has 3 saturated heterocycles. The van der Waals surface area contributed by atoms with E-state index in [2.05, 4.69) is 33.1 Å². The fourth-order valence-electron chi connectivity index (χ4n) is 6.14. The molecule has 1 aromatic heterocycles. The van der Waals surface area contributed by atoms with Gasteiger partial charge in [0.1, 0.15) is 5.82 Å². The molecule has 2 N–H and O–H groups in total. The number of carbonyl (C=O) groups excluding carboxylic acids is 1. The lowest BCUT2D eigenvalue weighted by atomic mass is 9.93. The maximum absolute atomic E-state index is 12.9. The van der Waals surface area contributed by atoms with Gasteiger partial charge >= 0.3 is 0 Å². The van der Waals surface area contributed by atoms with E-state index in [0.717, 1.165) is 75.1 Å². The molecule has 188 valence electrons. The van der Waals surface area contributed by atoms with Crippen LogP contribution in [-0.2, 0) is 14.3 Å². The van der Waals surface area contributed by atoms with E-state index >= 15 is 0 Å². The SMILES string of the molecule is C[C@]1(N2CCN(c3cc4cc(NC(=O)[C@H]5CC56CCOCC6)ncc4cc3Cl)CC2)COC[C@H]1O. The number of piperazine rings is 1. The Labute approximate surface area is 210 Å². The summed E-state index contributed by atoms with van der Waals surface area (Å²) in [4.78, 5) is 22.0. The Balaban J connectivity index is 1.15. The van der Waals surface area contributed by atoms with Gasteiger partial charge in [-0.05, 0) is 55.2 Å². The smallest absolute Gasteiger partial charge is 0.229 e. The van der Waals surface area contributed by atoms with Gasteiger partial charge in [-0.15, -0.1) is 0 Å². The largest absolute Gasteiger partial charge is 0.389 e. The first-order valence-electron chi connectivity index (χ1n) is 12.6. The van der Waals surface area contributed by atoms with Crippen LogP contribution in [0, 0.1) is 11.3 Å². The number of nitrogens with one attached hydrogen (secondary N) is 1. The van der Waals surface area contributed by atoms with Gasteiger partial charge in [0, 0.05) is 56.9 Å². The fraction of sp³-hybridized carbons (Fsp3) is 0.615. The quantitative estimate of drug-likeness (QED) is 0.667. The summed E-state index contributed by atoms with van der Waals surface area (Å²) >= 11 is 6.68. The number of ether oxygens (including phenoxy) is 2. The molecule has 1 amide bonds. The summed E-state index contributed by atoms with van der Waals surface area (Å²) in [5.74, 6) is 0.708. The topological polar surface area (TPSA) is 87.2 Å². The number of aliphatic hydroxyl groups is 1. The number of hydrogen-bond acceptors (Lipinski definition) is 7. The monoisotopic (exact) mass is 500 g/mol. The zero-order valence-electron chi connectivity index (χ0n) is 20.1. The van der Waals surface area contributed by atoms with Crippen molar-refractivity contribution in [3.8, 4) is 0 Å². The number of aliphatic hydroxyl groups excluding tert-OH is 1. The normalized spacial score (nSPS) is 30.7. The molecule has 1 aliphatic carbocycles. The highest BCUT2D eigenvalue weighted by Gasteiger charge is 2.58. The van der Waals surface area contributed by atoms with Gasteiger partial charge in [-0.25, -0.2) is 4.98 Å². The molecule has 0 unspecified atom stereocenters. The molecule has 0 radical (unpaired) electrons. The van der Waals surface area contributed by atoms with Crippen LogP contribution in [0.2, 0.25) is 5.02 Å². The van der Waals surface area contributed by atoms with E-state index in [9.17, 15) is 9.90 Å². The standard InChI is InChI=1S/C26H33ClN4O4/c1-25(16-35-15-22(25)32)31-6-4-30(5-7-31)21-11-17-12-23(28-14-18(17)10-20(21)27)29-24(33)19-13-26(19)2-8-34-9-3-26/h10-12,14,19,22,32H,2-9,13,15-16H2,1H3,(H,28,29,33)/t19-,22-,25+/m1/s1. The average molecular weight is 501 g/mol. The first-order chi connectivity index (χ1) is 16.9. The van der Waals surface area contributed by atoms with Gasteiger partial charge in [0.25, 0.3) is 0 Å². The Kier molecular flexibility index (Phi) is 5.92. The lowest BCUT2D eigenvalue weighted by Crippen LogP contribution is -2.60. The molecule has 4 aliphatic rings. The van der Waals surface area contributed by atoms with E-state index in [-0.39, 0.29) is 22.8 Å². The van der Waals surface area contributed by atoms with Crippen molar-refractivity contribution in [2.24, 2.45) is 11.3 Å². The van der Waals surface area contributed by atoms with Crippen molar-refractivity contribution in [3.63, 3.8) is 0 Å². The Morgan fingerprint density at radius 1 is 1.14 bits per heavy atom. The molecule has 4 heterocycles. The minimum Gasteiger partial charge on any atom is -0.389 e. The number of fused-ring (bicyclic) bond motifs is 1. The van der Waals surface area contributed by atoms with Crippen LogP contribution < -0.4 is 10.2 Å². The van der Waals surface area contributed by atoms with E-state index in [0.29, 0.717) is 24.1 Å². The molecule has 6 rings (SSSR count). The number of anilines is 2. The van der Waals surface area contributed by atoms with Gasteiger partial charge in [0.2, 0.25) is 5.91 Å². The van der Waals surface area contributed by atoms with Crippen LogP contribution in [0.4, 0.5) is 11.5 Å². The summed E-state index contributed by atoms with van der Waals surface area (Å²) in [6.45, 7) is 7.84. The maximum atomic E-state index is 12.9. The third kappa shape index (κ3) is 4.19. The Morgan fingerprint density at radius 3 is 2.63 bits per heavy atom. The molecule has 35 heavy (non-hydrogen) atoms. The average Bonchev–Trinajstić information content (AvgIpc) is 3.44. The number of carbonyl (C=O) groups is 1. The van der Waals surface area contributed by atoms with Gasteiger partial charge in [0.05, 0.1) is 35.6 Å². The Hall–Kier alpha value is -1.97. The molecule has 3 aliphatic heterocycles. The first-order valence-corrected chi connectivity index (χ1v) is 13.0. The molecule has 1 saturated carbocycles. The summed E-state index contributed by atoms with van der Waals surface area (Å²) in [7, 11) is 0. The number of rotatable bonds is 4. The van der Waals surface area contributed by atoms with E-state index in [4.69, 9.17) is 21.1 Å². The third-order valence-corrected chi connectivity index (χ3v) is 9.07. The third-order valence-electron chi connectivity index (χ3n) is 8.76. The summed E-state index contributed by atoms with van der Waals surface area (Å²) in [6, 6.07) is 5.98. The zero-order chi connectivity index (χ0) is 24.2. The molecule has 2 aromatic rings. The molecule has 8 nitrogen and oxygen atoms in total. The predicted octanol–water partition coefficient (Wildman–Crippen LogP) is 2.92. The molecule has 0 bridgehead atoms. The number of benzene rings is 1. The summed E-state index contributed by atoms with van der Waals surface area (Å²) < 4.78 is 11.0. The van der Waals surface area contributed by atoms with Gasteiger partial charge in [-0.2, -0.15) is 0 Å². The van der Waals surface area contributed by atoms with Crippen LogP contribution in [-0.4, -0.2) is 85.1 Å². The maximum Gasteiger partial charge on any atom is 0.229 e. The Morgan fingerprint density at radius 2 is 1.91 bits per heavy atom. The molecule has 3 atom stereocenters. The van der Waals surface area contributed by atoms with E-state index in [1.807, 2.05) is 12.1 Å². The van der Waals surface area contributed by atoms with Crippen LogP contribution >= 0.6 is 11.6 Å². The zero-order valence-corrected chi connectivity index (χ0v) is 20.9. The van der Waals surface area contributed by atoms with E-state index in [1.54, 1.807) is 6.20 Å². The highest BCUT2D eigenvalue weighted by Crippen LogP contribution is 2.59. The van der Waals surface area contributed by atoms with E-state index < -0.39 is 6.10 Å². The van der Waals surface area contributed by atoms with Crippen molar-refractivity contribution in [1.29, 1.82) is 0 Å². The Bertz CT molecular complexity index is 1130. The minimum absolute atomic E-state index is 0.0617. The molecular formula is C26H33ClN4O4. The van der Waals surface area contributed by atoms with E-state index in [1.165, 1.54) is 0 Å². The highest BCUT2D eigenvalue weighted by atomic mass is 35.5. The van der Waals surface area contributed by atoms with Crippen molar-refractivity contribution >= 4 is 39.8 Å². The first kappa shape index (κ1) is 23.4. The highest BCUT2D eigenvalue weighted by molar-refractivity contribution is 6.34. The second-order valence-corrected chi connectivity index (χ2v) is 11.2. The van der Waals surface area contributed by atoms with Crippen LogP contribution in [0.1, 0.15) is 26.2 Å². The number of aromatic nitrogens is 1. The molecule has 9 heteroatoms. The van der Waals surface area contributed by atoms with Crippen LogP contribution in [0.5, 0.6) is 0 Å². The van der Waals surface area contributed by atoms with Gasteiger partial charge in [-0.1, -0.05) is 11.6 Å². The number of hydrogen-bond donors (Lipinski definition) is 2.